The second-order valence-corrected chi connectivity index (χ2v) is 5.90. The van der Waals surface area contributed by atoms with E-state index in [1.165, 1.54) is 17.7 Å². The molecule has 1 aliphatic heterocycles. The van der Waals surface area contributed by atoms with Gasteiger partial charge in [0.25, 0.3) is 5.91 Å². The highest BCUT2D eigenvalue weighted by atomic mass is 35.5. The van der Waals surface area contributed by atoms with Gasteiger partial charge >= 0.3 is 12.3 Å². The number of hydrogen-bond donors (Lipinski definition) is 1. The summed E-state index contributed by atoms with van der Waals surface area (Å²) in [6.45, 7) is -0.00279. The van der Waals surface area contributed by atoms with E-state index in [9.17, 15) is 14.4 Å². The normalized spacial score (nSPS) is 13.2. The first kappa shape index (κ1) is 19.3. The van der Waals surface area contributed by atoms with E-state index < -0.39 is 18.2 Å². The van der Waals surface area contributed by atoms with Crippen LogP contribution in [-0.4, -0.2) is 43.5 Å². The van der Waals surface area contributed by atoms with Gasteiger partial charge in [0.1, 0.15) is 11.3 Å². The molecule has 0 saturated heterocycles. The van der Waals surface area contributed by atoms with Crippen molar-refractivity contribution < 1.29 is 33.3 Å². The predicted octanol–water partition coefficient (Wildman–Crippen LogP) is 2.90. The van der Waals surface area contributed by atoms with Crippen LogP contribution >= 0.6 is 11.6 Å². The SMILES string of the molecule is COC(=O)OC1=C(c2ccc(OC(=O)OC)n2-c2cccc(Cl)c2)C(=O)NC1. The maximum Gasteiger partial charge on any atom is 0.514 e. The van der Waals surface area contributed by atoms with E-state index in [0.717, 1.165) is 7.11 Å². The largest absolute Gasteiger partial charge is 0.514 e. The number of carbonyl (C=O) groups excluding carboxylic acids is 3. The smallest absolute Gasteiger partial charge is 0.437 e. The highest BCUT2D eigenvalue weighted by Gasteiger charge is 2.31. The highest BCUT2D eigenvalue weighted by Crippen LogP contribution is 2.33. The molecule has 28 heavy (non-hydrogen) atoms. The Hall–Kier alpha value is -3.46. The number of nitrogens with zero attached hydrogens (tertiary/aromatic N) is 1. The van der Waals surface area contributed by atoms with Crippen molar-refractivity contribution in [2.24, 2.45) is 0 Å². The molecule has 10 heteroatoms. The van der Waals surface area contributed by atoms with Crippen LogP contribution in [-0.2, 0) is 19.0 Å². The Labute approximate surface area is 164 Å². The minimum atomic E-state index is -0.962. The minimum Gasteiger partial charge on any atom is -0.437 e. The van der Waals surface area contributed by atoms with Crippen LogP contribution in [0.15, 0.2) is 42.2 Å². The van der Waals surface area contributed by atoms with Crippen LogP contribution in [0.25, 0.3) is 11.3 Å². The average molecular weight is 407 g/mol. The summed E-state index contributed by atoms with van der Waals surface area (Å²) in [5.74, 6) is -0.318. The molecule has 1 aromatic heterocycles. The second kappa shape index (κ2) is 8.05. The Kier molecular flexibility index (Phi) is 5.55. The first-order valence-electron chi connectivity index (χ1n) is 7.95. The van der Waals surface area contributed by atoms with Gasteiger partial charge in [0.2, 0.25) is 5.88 Å². The van der Waals surface area contributed by atoms with Crippen LogP contribution in [0.1, 0.15) is 5.69 Å². The molecule has 1 aromatic carbocycles. The molecule has 2 aromatic rings. The van der Waals surface area contributed by atoms with Gasteiger partial charge in [-0.25, -0.2) is 9.59 Å². The lowest BCUT2D eigenvalue weighted by Gasteiger charge is -2.14. The molecule has 146 valence electrons. The summed E-state index contributed by atoms with van der Waals surface area (Å²) >= 11 is 6.08. The third-order valence-electron chi connectivity index (χ3n) is 3.81. The van der Waals surface area contributed by atoms with Gasteiger partial charge in [0, 0.05) is 11.1 Å². The summed E-state index contributed by atoms with van der Waals surface area (Å²) in [5, 5.41) is 3.01. The zero-order valence-electron chi connectivity index (χ0n) is 14.9. The number of ether oxygens (including phenoxy) is 4. The molecule has 0 fully saturated rings. The lowest BCUT2D eigenvalue weighted by molar-refractivity contribution is -0.114. The molecule has 0 atom stereocenters. The van der Waals surface area contributed by atoms with Crippen molar-refractivity contribution in [1.82, 2.24) is 9.88 Å². The van der Waals surface area contributed by atoms with Crippen molar-refractivity contribution >= 4 is 35.4 Å². The van der Waals surface area contributed by atoms with Crippen LogP contribution in [0, 0.1) is 0 Å². The van der Waals surface area contributed by atoms with Crippen molar-refractivity contribution in [1.29, 1.82) is 0 Å². The number of amides is 1. The maximum absolute atomic E-state index is 12.4. The van der Waals surface area contributed by atoms with Crippen LogP contribution in [0.2, 0.25) is 5.02 Å². The zero-order chi connectivity index (χ0) is 20.3. The number of methoxy groups -OCH3 is 2. The van der Waals surface area contributed by atoms with Crippen molar-refractivity contribution in [2.45, 2.75) is 0 Å². The topological polar surface area (TPSA) is 105 Å². The molecular formula is C18H15ClN2O7. The molecule has 9 nitrogen and oxygen atoms in total. The Morgan fingerprint density at radius 3 is 2.46 bits per heavy atom. The van der Waals surface area contributed by atoms with Gasteiger partial charge in [-0.2, -0.15) is 0 Å². The standard InChI is InChI=1S/C18H15ClN2O7/c1-25-17(23)27-13-9-20-16(22)15(13)12-6-7-14(28-18(24)26-2)21(12)11-5-3-4-10(19)8-11/h3-8H,9H2,1-2H3,(H,20,22). The molecule has 2 heterocycles. The molecule has 0 radical (unpaired) electrons. The molecule has 0 unspecified atom stereocenters. The third-order valence-corrected chi connectivity index (χ3v) is 4.05. The van der Waals surface area contributed by atoms with E-state index in [2.05, 4.69) is 14.8 Å². The zero-order valence-corrected chi connectivity index (χ0v) is 15.6. The van der Waals surface area contributed by atoms with Gasteiger partial charge in [0.05, 0.1) is 32.1 Å². The number of halogens is 1. The van der Waals surface area contributed by atoms with E-state index in [4.69, 9.17) is 21.1 Å². The van der Waals surface area contributed by atoms with E-state index >= 15 is 0 Å². The van der Waals surface area contributed by atoms with Crippen molar-refractivity contribution in [3.63, 3.8) is 0 Å². The quantitative estimate of drug-likeness (QED) is 0.778. The number of benzene rings is 1. The van der Waals surface area contributed by atoms with Gasteiger partial charge in [0.15, 0.2) is 0 Å². The summed E-state index contributed by atoms with van der Waals surface area (Å²) in [7, 11) is 2.33. The van der Waals surface area contributed by atoms with E-state index in [1.807, 2.05) is 0 Å². The van der Waals surface area contributed by atoms with E-state index in [1.54, 1.807) is 30.3 Å². The molecule has 0 spiro atoms. The number of hydrogen-bond acceptors (Lipinski definition) is 7. The highest BCUT2D eigenvalue weighted by molar-refractivity contribution is 6.30. The number of nitrogens with one attached hydrogen (secondary N) is 1. The van der Waals surface area contributed by atoms with Crippen LogP contribution in [0.4, 0.5) is 9.59 Å². The molecule has 0 saturated carbocycles. The number of aromatic nitrogens is 1. The fourth-order valence-corrected chi connectivity index (χ4v) is 2.84. The van der Waals surface area contributed by atoms with Gasteiger partial charge in [-0.05, 0) is 24.3 Å². The Balaban J connectivity index is 2.17. The molecular weight excluding hydrogens is 392 g/mol. The van der Waals surface area contributed by atoms with Crippen LogP contribution in [0.5, 0.6) is 5.88 Å². The fraction of sp³-hybridized carbons (Fsp3) is 0.167. The third kappa shape index (κ3) is 3.79. The summed E-state index contributed by atoms with van der Waals surface area (Å²) in [6, 6.07) is 9.69. The minimum absolute atomic E-state index is 0.00279. The Morgan fingerprint density at radius 2 is 1.79 bits per heavy atom. The first-order chi connectivity index (χ1) is 13.4. The summed E-state index contributed by atoms with van der Waals surface area (Å²) < 4.78 is 20.8. The van der Waals surface area contributed by atoms with Gasteiger partial charge in [-0.1, -0.05) is 17.7 Å². The average Bonchev–Trinajstić information content (AvgIpc) is 3.24. The van der Waals surface area contributed by atoms with Crippen LogP contribution < -0.4 is 10.1 Å². The molecule has 3 rings (SSSR count). The van der Waals surface area contributed by atoms with Crippen molar-refractivity contribution in [2.75, 3.05) is 20.8 Å². The fourth-order valence-electron chi connectivity index (χ4n) is 2.65. The summed E-state index contributed by atoms with van der Waals surface area (Å²) in [5.41, 5.74) is 0.913. The first-order valence-corrected chi connectivity index (χ1v) is 8.33. The van der Waals surface area contributed by atoms with Gasteiger partial charge in [-0.3, -0.25) is 9.36 Å². The molecule has 1 aliphatic rings. The number of carbonyl (C=O) groups is 3. The van der Waals surface area contributed by atoms with Crippen molar-refractivity contribution in [3.05, 3.63) is 52.9 Å². The summed E-state index contributed by atoms with van der Waals surface area (Å²) in [6.07, 6.45) is -1.90. The predicted molar refractivity (Wildman–Crippen MR) is 97.2 cm³/mol. The van der Waals surface area contributed by atoms with Gasteiger partial charge in [-0.15, -0.1) is 0 Å². The molecule has 1 N–H and O–H groups in total. The maximum atomic E-state index is 12.4. The Bertz CT molecular complexity index is 980. The lowest BCUT2D eigenvalue weighted by Crippen LogP contribution is -2.18. The summed E-state index contributed by atoms with van der Waals surface area (Å²) in [4.78, 5) is 35.5. The van der Waals surface area contributed by atoms with Crippen molar-refractivity contribution in [3.8, 4) is 11.6 Å². The molecule has 0 aliphatic carbocycles. The van der Waals surface area contributed by atoms with E-state index in [-0.39, 0.29) is 23.8 Å². The van der Waals surface area contributed by atoms with Crippen LogP contribution in [0.3, 0.4) is 0 Å². The molecule has 1 amide bonds. The van der Waals surface area contributed by atoms with Gasteiger partial charge < -0.3 is 24.3 Å². The lowest BCUT2D eigenvalue weighted by atomic mass is 10.1. The second-order valence-electron chi connectivity index (χ2n) is 5.47. The molecule has 0 bridgehead atoms. The Morgan fingerprint density at radius 1 is 1.07 bits per heavy atom. The van der Waals surface area contributed by atoms with E-state index in [0.29, 0.717) is 16.4 Å². The monoisotopic (exact) mass is 406 g/mol. The number of rotatable bonds is 4.